The van der Waals surface area contributed by atoms with Crippen LogP contribution in [0.5, 0.6) is 0 Å². The molecule has 0 saturated carbocycles. The molecule has 0 aliphatic heterocycles. The van der Waals surface area contributed by atoms with Crippen molar-refractivity contribution >= 4 is 28.0 Å². The number of hydrogen-bond acceptors (Lipinski definition) is 0. The number of hydrogen-bond donors (Lipinski definition) is 0. The number of unbranched alkanes of at least 4 members (excludes halogenated alkanes) is 4. The van der Waals surface area contributed by atoms with Gasteiger partial charge < -0.3 is 0 Å². The van der Waals surface area contributed by atoms with E-state index < -0.39 is 22.9 Å². The molecule has 0 aromatic heterocycles. The molecule has 0 nitrogen and oxygen atoms in total. The predicted molar refractivity (Wildman–Crippen MR) is 167 cm³/mol. The fourth-order valence-electron chi connectivity index (χ4n) is 5.82. The van der Waals surface area contributed by atoms with E-state index in [4.69, 9.17) is 0 Å². The van der Waals surface area contributed by atoms with Crippen molar-refractivity contribution in [3.05, 3.63) is 81.4 Å². The van der Waals surface area contributed by atoms with Gasteiger partial charge >= 0.3 is 243 Å². The summed E-state index contributed by atoms with van der Waals surface area (Å²) >= 11 is -1.11. The molecule has 2 aliphatic rings. The number of rotatable bonds is 16. The first kappa shape index (κ1) is 29.6. The molecule has 4 rings (SSSR count). The Bertz CT molecular complexity index is 956. The van der Waals surface area contributed by atoms with Crippen molar-refractivity contribution < 1.29 is 22.9 Å². The monoisotopic (exact) mass is 698 g/mol. The van der Waals surface area contributed by atoms with Gasteiger partial charge in [-0.1, -0.05) is 0 Å². The molecule has 2 aromatic rings. The quantitative estimate of drug-likeness (QED) is 0.121. The topological polar surface area (TPSA) is 0 Å². The Balaban J connectivity index is 1.69. The van der Waals surface area contributed by atoms with E-state index in [0.717, 1.165) is 7.35 Å². The number of benzene rings is 2. The summed E-state index contributed by atoms with van der Waals surface area (Å²) in [5, 5.41) is 3.83. The van der Waals surface area contributed by atoms with E-state index in [1.165, 1.54) is 76.0 Å². The summed E-state index contributed by atoms with van der Waals surface area (Å²) in [5.74, 6) is 0. The van der Waals surface area contributed by atoms with Crippen molar-refractivity contribution in [2.24, 2.45) is 0 Å². The van der Waals surface area contributed by atoms with Gasteiger partial charge in [0, 0.05) is 0 Å². The third-order valence-electron chi connectivity index (χ3n) is 8.00. The maximum atomic E-state index is 2.70. The molecular formula is C34H48HfP2. The van der Waals surface area contributed by atoms with Gasteiger partial charge in [0.05, 0.1) is 0 Å². The van der Waals surface area contributed by atoms with Crippen molar-refractivity contribution in [3.8, 4) is 0 Å². The van der Waals surface area contributed by atoms with Gasteiger partial charge in [-0.2, -0.15) is 0 Å². The normalized spacial score (nSPS) is 18.2. The Morgan fingerprint density at radius 2 is 0.892 bits per heavy atom. The van der Waals surface area contributed by atoms with Crippen LogP contribution in [-0.4, -0.2) is 24.6 Å². The van der Waals surface area contributed by atoms with Crippen LogP contribution in [0, 0.1) is 0 Å². The van der Waals surface area contributed by atoms with Crippen molar-refractivity contribution in [3.63, 3.8) is 0 Å². The third kappa shape index (κ3) is 7.44. The predicted octanol–water partition coefficient (Wildman–Crippen LogP) is 11.4. The fraction of sp³-hybridized carbons (Fsp3) is 0.529. The van der Waals surface area contributed by atoms with E-state index in [-0.39, 0.29) is 15.8 Å². The first-order chi connectivity index (χ1) is 18.2. The van der Waals surface area contributed by atoms with Crippen LogP contribution in [0.2, 0.25) is 0 Å². The summed E-state index contributed by atoms with van der Waals surface area (Å²) in [5.41, 5.74) is 6.53. The molecule has 0 bridgehead atoms. The average molecular weight is 697 g/mol. The van der Waals surface area contributed by atoms with E-state index >= 15 is 0 Å². The van der Waals surface area contributed by atoms with E-state index in [9.17, 15) is 0 Å². The Hall–Kier alpha value is -0.350. The molecule has 0 radical (unpaired) electrons. The Labute approximate surface area is 242 Å². The first-order valence-corrected chi connectivity index (χ1v) is 22.7. The molecule has 0 amide bonds. The van der Waals surface area contributed by atoms with Crippen LogP contribution in [0.15, 0.2) is 59.2 Å². The molecule has 2 aliphatic carbocycles. The third-order valence-corrected chi connectivity index (χ3v) is 22.3. The molecule has 0 heterocycles. The van der Waals surface area contributed by atoms with Gasteiger partial charge in [0.25, 0.3) is 0 Å². The van der Waals surface area contributed by atoms with Gasteiger partial charge in [-0.15, -0.1) is 0 Å². The van der Waals surface area contributed by atoms with Gasteiger partial charge in [-0.3, -0.25) is 0 Å². The first-order valence-electron chi connectivity index (χ1n) is 15.1. The summed E-state index contributed by atoms with van der Waals surface area (Å²) in [4.78, 5) is 0. The summed E-state index contributed by atoms with van der Waals surface area (Å²) in [6.45, 7) is 9.51. The minimum atomic E-state index is -1.11. The molecule has 0 N–H and O–H groups in total. The Morgan fingerprint density at radius 1 is 0.541 bits per heavy atom. The van der Waals surface area contributed by atoms with Crippen LogP contribution in [0.4, 0.5) is 0 Å². The number of fused-ring (bicyclic) bond motifs is 2. The second kappa shape index (κ2) is 15.4. The van der Waals surface area contributed by atoms with Gasteiger partial charge in [0.2, 0.25) is 0 Å². The van der Waals surface area contributed by atoms with Crippen LogP contribution in [-0.2, 0) is 22.9 Å². The molecule has 0 fully saturated rings. The molecule has 2 unspecified atom stereocenters. The minimum absolute atomic E-state index is 0.000518. The van der Waals surface area contributed by atoms with Gasteiger partial charge in [0.15, 0.2) is 0 Å². The molecule has 2 atom stereocenters. The van der Waals surface area contributed by atoms with E-state index in [0.29, 0.717) is 0 Å². The molecule has 0 spiro atoms. The molecule has 0 saturated heterocycles. The second-order valence-corrected chi connectivity index (χ2v) is 21.1. The van der Waals surface area contributed by atoms with Crippen LogP contribution in [0.1, 0.15) is 109 Å². The van der Waals surface area contributed by atoms with Crippen molar-refractivity contribution in [2.75, 3.05) is 24.6 Å². The molecule has 37 heavy (non-hydrogen) atoms. The van der Waals surface area contributed by atoms with E-state index in [1.807, 2.05) is 10.6 Å². The molecule has 2 aromatic carbocycles. The van der Waals surface area contributed by atoms with Gasteiger partial charge in [-0.05, 0) is 0 Å². The van der Waals surface area contributed by atoms with Gasteiger partial charge in [-0.25, -0.2) is 0 Å². The molecule has 3 heteroatoms. The zero-order valence-corrected chi connectivity index (χ0v) is 29.2. The summed E-state index contributed by atoms with van der Waals surface area (Å²) in [6, 6.07) is 19.0. The van der Waals surface area contributed by atoms with Crippen LogP contribution < -0.4 is 0 Å². The number of allylic oxidation sites excluding steroid dienone is 2. The zero-order valence-electron chi connectivity index (χ0n) is 23.8. The van der Waals surface area contributed by atoms with Crippen molar-refractivity contribution in [1.82, 2.24) is 0 Å². The SMILES string of the molecule is CCCCP(CCCC)C1=Cc2ccccc2[CH]1[Hf][CH]1C(P(CCCC)CCCC)=Cc2ccccc21. The summed E-state index contributed by atoms with van der Waals surface area (Å²) in [7, 11) is 0.00104. The van der Waals surface area contributed by atoms with Crippen LogP contribution >= 0.6 is 15.8 Å². The Kier molecular flexibility index (Phi) is 12.4. The molecular weight excluding hydrogens is 649 g/mol. The van der Waals surface area contributed by atoms with Gasteiger partial charge in [0.1, 0.15) is 0 Å². The second-order valence-electron chi connectivity index (χ2n) is 10.8. The van der Waals surface area contributed by atoms with Crippen molar-refractivity contribution in [1.29, 1.82) is 0 Å². The van der Waals surface area contributed by atoms with E-state index in [2.05, 4.69) is 88.4 Å². The van der Waals surface area contributed by atoms with Crippen LogP contribution in [0.3, 0.4) is 0 Å². The Morgan fingerprint density at radius 3 is 1.24 bits per heavy atom. The molecule has 198 valence electrons. The maximum absolute atomic E-state index is 2.70. The standard InChI is InChI=1S/2C17H24P.Hf/c2*1-3-5-11-18(12-6-4-2)17-13-15-9-7-8-10-16(15)14-17;/h2*7-10,13-14H,3-6,11-12H2,1-2H3;. The van der Waals surface area contributed by atoms with E-state index in [1.54, 1.807) is 22.3 Å². The summed E-state index contributed by atoms with van der Waals surface area (Å²) in [6.07, 6.45) is 22.2. The van der Waals surface area contributed by atoms with Crippen molar-refractivity contribution in [2.45, 2.75) is 86.4 Å². The average Bonchev–Trinajstić information content (AvgIpc) is 3.48. The fourth-order valence-corrected chi connectivity index (χ4v) is 23.1. The van der Waals surface area contributed by atoms with Crippen LogP contribution in [0.25, 0.3) is 12.2 Å². The zero-order chi connectivity index (χ0) is 26.0. The summed E-state index contributed by atoms with van der Waals surface area (Å²) < 4.78 is 1.59.